The van der Waals surface area contributed by atoms with Crippen molar-refractivity contribution < 1.29 is 28.2 Å². The van der Waals surface area contributed by atoms with Crippen LogP contribution in [0.3, 0.4) is 0 Å². The van der Waals surface area contributed by atoms with Crippen molar-refractivity contribution in [2.75, 3.05) is 18.5 Å². The average molecular weight is 386 g/mol. The molecule has 2 aromatic carbocycles. The normalized spacial score (nSPS) is 10.4. The van der Waals surface area contributed by atoms with Gasteiger partial charge in [-0.3, -0.25) is 10.1 Å². The zero-order valence-corrected chi connectivity index (χ0v) is 15.1. The van der Waals surface area contributed by atoms with Crippen LogP contribution >= 0.6 is 0 Å². The van der Waals surface area contributed by atoms with Crippen LogP contribution in [0.15, 0.2) is 54.6 Å². The van der Waals surface area contributed by atoms with Crippen LogP contribution in [0, 0.1) is 5.82 Å². The Morgan fingerprint density at radius 2 is 1.79 bits per heavy atom. The van der Waals surface area contributed by atoms with E-state index < -0.39 is 30.3 Å². The van der Waals surface area contributed by atoms with E-state index in [-0.39, 0.29) is 5.69 Å². The molecule has 0 fully saturated rings. The Morgan fingerprint density at radius 1 is 1.07 bits per heavy atom. The number of rotatable bonds is 7. The van der Waals surface area contributed by atoms with Crippen molar-refractivity contribution >= 4 is 29.7 Å². The summed E-state index contributed by atoms with van der Waals surface area (Å²) >= 11 is 0. The third-order valence-electron chi connectivity index (χ3n) is 3.34. The molecule has 146 valence electrons. The number of hydrogen-bond acceptors (Lipinski definition) is 5. The van der Waals surface area contributed by atoms with Gasteiger partial charge in [-0.05, 0) is 31.2 Å². The maximum absolute atomic E-state index is 13.4. The zero-order chi connectivity index (χ0) is 20.4. The minimum atomic E-state index is -0.938. The monoisotopic (exact) mass is 386 g/mol. The van der Waals surface area contributed by atoms with Crippen molar-refractivity contribution in [1.29, 1.82) is 0 Å². The van der Waals surface area contributed by atoms with Gasteiger partial charge in [0, 0.05) is 11.6 Å². The van der Waals surface area contributed by atoms with E-state index in [0.717, 1.165) is 12.1 Å². The molecule has 0 atom stereocenters. The van der Waals surface area contributed by atoms with Crippen molar-refractivity contribution in [2.24, 2.45) is 0 Å². The van der Waals surface area contributed by atoms with Gasteiger partial charge in [0.1, 0.15) is 11.6 Å². The Morgan fingerprint density at radius 3 is 2.54 bits per heavy atom. The van der Waals surface area contributed by atoms with Crippen LogP contribution in [0.4, 0.5) is 14.9 Å². The number of esters is 1. The van der Waals surface area contributed by atoms with Gasteiger partial charge in [0.15, 0.2) is 6.61 Å². The lowest BCUT2D eigenvalue weighted by Gasteiger charge is -2.07. The van der Waals surface area contributed by atoms with Crippen LogP contribution in [0.25, 0.3) is 6.08 Å². The molecule has 0 aromatic heterocycles. The molecule has 0 aliphatic carbocycles. The van der Waals surface area contributed by atoms with E-state index in [9.17, 15) is 18.8 Å². The maximum Gasteiger partial charge on any atom is 0.331 e. The third-order valence-corrected chi connectivity index (χ3v) is 3.34. The molecule has 0 saturated carbocycles. The summed E-state index contributed by atoms with van der Waals surface area (Å²) in [5, 5.41) is 4.11. The topological polar surface area (TPSA) is 93.7 Å². The molecule has 0 aliphatic rings. The lowest BCUT2D eigenvalue weighted by atomic mass is 10.2. The third kappa shape index (κ3) is 6.56. The summed E-state index contributed by atoms with van der Waals surface area (Å²) in [6.07, 6.45) is 2.64. The molecular weight excluding hydrogens is 367 g/mol. The number of para-hydroxylation sites is 2. The van der Waals surface area contributed by atoms with Crippen molar-refractivity contribution in [2.45, 2.75) is 6.92 Å². The van der Waals surface area contributed by atoms with E-state index in [1.165, 1.54) is 24.3 Å². The van der Waals surface area contributed by atoms with Crippen LogP contribution < -0.4 is 15.4 Å². The number of benzene rings is 2. The predicted octanol–water partition coefficient (Wildman–Crippen LogP) is 3.13. The Kier molecular flexibility index (Phi) is 7.71. The van der Waals surface area contributed by atoms with Crippen LogP contribution in [0.1, 0.15) is 12.5 Å². The number of carbonyl (C=O) groups excluding carboxylic acids is 3. The van der Waals surface area contributed by atoms with E-state index in [1.54, 1.807) is 24.3 Å². The van der Waals surface area contributed by atoms with Gasteiger partial charge in [-0.2, -0.15) is 0 Å². The number of amides is 3. The van der Waals surface area contributed by atoms with Gasteiger partial charge in [0.2, 0.25) is 0 Å². The average Bonchev–Trinajstić information content (AvgIpc) is 2.67. The highest BCUT2D eigenvalue weighted by Gasteiger charge is 2.11. The minimum Gasteiger partial charge on any atom is -0.493 e. The molecular formula is C20H19FN2O5. The van der Waals surface area contributed by atoms with Gasteiger partial charge >= 0.3 is 12.0 Å². The Hall–Kier alpha value is -3.68. The molecule has 7 nitrogen and oxygen atoms in total. The van der Waals surface area contributed by atoms with Crippen molar-refractivity contribution in [1.82, 2.24) is 5.32 Å². The molecule has 0 radical (unpaired) electrons. The molecule has 0 saturated heterocycles. The Bertz CT molecular complexity index is 882. The SMILES string of the molecule is CCOc1ccccc1/C=C/C(=O)OCC(=O)NC(=O)Nc1ccccc1F. The van der Waals surface area contributed by atoms with Gasteiger partial charge in [-0.25, -0.2) is 14.0 Å². The Balaban J connectivity index is 1.80. The summed E-state index contributed by atoms with van der Waals surface area (Å²) in [6.45, 7) is 1.65. The van der Waals surface area contributed by atoms with Gasteiger partial charge < -0.3 is 14.8 Å². The second-order valence-electron chi connectivity index (χ2n) is 5.39. The second-order valence-corrected chi connectivity index (χ2v) is 5.39. The molecule has 2 N–H and O–H groups in total. The van der Waals surface area contributed by atoms with Crippen LogP contribution in [-0.4, -0.2) is 31.1 Å². The van der Waals surface area contributed by atoms with E-state index >= 15 is 0 Å². The van der Waals surface area contributed by atoms with Crippen molar-refractivity contribution in [3.63, 3.8) is 0 Å². The first kappa shape index (κ1) is 20.6. The Labute approximate surface area is 161 Å². The van der Waals surface area contributed by atoms with Crippen LogP contribution in [0.5, 0.6) is 5.75 Å². The first-order valence-electron chi connectivity index (χ1n) is 8.41. The van der Waals surface area contributed by atoms with Crippen LogP contribution in [-0.2, 0) is 14.3 Å². The fourth-order valence-corrected chi connectivity index (χ4v) is 2.13. The molecule has 0 aliphatic heterocycles. The van der Waals surface area contributed by atoms with Crippen LogP contribution in [0.2, 0.25) is 0 Å². The number of imide groups is 1. The summed E-state index contributed by atoms with van der Waals surface area (Å²) in [6, 6.07) is 11.7. The summed E-state index contributed by atoms with van der Waals surface area (Å²) < 4.78 is 23.6. The largest absolute Gasteiger partial charge is 0.493 e. The van der Waals surface area contributed by atoms with Gasteiger partial charge in [-0.15, -0.1) is 0 Å². The molecule has 0 spiro atoms. The highest BCUT2D eigenvalue weighted by molar-refractivity contribution is 6.02. The number of urea groups is 1. The van der Waals surface area contributed by atoms with E-state index in [1.807, 2.05) is 12.2 Å². The van der Waals surface area contributed by atoms with E-state index in [0.29, 0.717) is 17.9 Å². The molecule has 0 unspecified atom stereocenters. The van der Waals surface area contributed by atoms with E-state index in [4.69, 9.17) is 9.47 Å². The molecule has 0 heterocycles. The highest BCUT2D eigenvalue weighted by Crippen LogP contribution is 2.19. The second kappa shape index (κ2) is 10.5. The maximum atomic E-state index is 13.4. The molecule has 2 aromatic rings. The first-order valence-corrected chi connectivity index (χ1v) is 8.41. The fourth-order valence-electron chi connectivity index (χ4n) is 2.13. The van der Waals surface area contributed by atoms with E-state index in [2.05, 4.69) is 5.32 Å². The van der Waals surface area contributed by atoms with Crippen molar-refractivity contribution in [3.05, 3.63) is 66.0 Å². The van der Waals surface area contributed by atoms with Crippen molar-refractivity contribution in [3.8, 4) is 5.75 Å². The quantitative estimate of drug-likeness (QED) is 0.563. The summed E-state index contributed by atoms with van der Waals surface area (Å²) in [4.78, 5) is 35.0. The molecule has 8 heteroatoms. The fraction of sp³-hybridized carbons (Fsp3) is 0.150. The number of carbonyl (C=O) groups is 3. The molecule has 28 heavy (non-hydrogen) atoms. The standard InChI is InChI=1S/C20H19FN2O5/c1-2-27-17-10-6-3-7-14(17)11-12-19(25)28-13-18(24)23-20(26)22-16-9-5-4-8-15(16)21/h3-12H,2,13H2,1H3,(H2,22,23,24,26)/b12-11+. The zero-order valence-electron chi connectivity index (χ0n) is 15.1. The summed E-state index contributed by atoms with van der Waals surface area (Å²) in [7, 11) is 0. The number of anilines is 1. The molecule has 0 bridgehead atoms. The number of halogens is 1. The predicted molar refractivity (Wildman–Crippen MR) is 101 cm³/mol. The van der Waals surface area contributed by atoms with Gasteiger partial charge in [-0.1, -0.05) is 30.3 Å². The molecule has 3 amide bonds. The molecule has 2 rings (SSSR count). The highest BCUT2D eigenvalue weighted by atomic mass is 19.1. The lowest BCUT2D eigenvalue weighted by molar-refractivity contribution is -0.143. The number of ether oxygens (including phenoxy) is 2. The number of hydrogen-bond donors (Lipinski definition) is 2. The summed E-state index contributed by atoms with van der Waals surface area (Å²) in [5.41, 5.74) is 0.593. The van der Waals surface area contributed by atoms with Gasteiger partial charge in [0.05, 0.1) is 12.3 Å². The summed E-state index contributed by atoms with van der Waals surface area (Å²) in [5.74, 6) is -1.66. The minimum absolute atomic E-state index is 0.0827. The van der Waals surface area contributed by atoms with Gasteiger partial charge in [0.25, 0.3) is 5.91 Å². The first-order chi connectivity index (χ1) is 13.5. The smallest absolute Gasteiger partial charge is 0.331 e. The number of nitrogens with one attached hydrogen (secondary N) is 2. The lowest BCUT2D eigenvalue weighted by Crippen LogP contribution is -2.37.